The molecule has 1 aromatic rings. The third-order valence-electron chi connectivity index (χ3n) is 2.47. The zero-order valence-electron chi connectivity index (χ0n) is 10.4. The summed E-state index contributed by atoms with van der Waals surface area (Å²) in [6.07, 6.45) is -0.414. The first kappa shape index (κ1) is 12.8. The average Bonchev–Trinajstić information content (AvgIpc) is 2.32. The molecule has 1 rings (SSSR count). The molecule has 0 aliphatic rings. The van der Waals surface area contributed by atoms with Gasteiger partial charge in [0.05, 0.1) is 14.2 Å². The van der Waals surface area contributed by atoms with Crippen molar-refractivity contribution >= 4 is 0 Å². The van der Waals surface area contributed by atoms with Gasteiger partial charge in [0.25, 0.3) is 0 Å². The van der Waals surface area contributed by atoms with E-state index in [9.17, 15) is 0 Å². The van der Waals surface area contributed by atoms with Crippen molar-refractivity contribution in [1.82, 2.24) is 0 Å². The minimum atomic E-state index is -0.414. The summed E-state index contributed by atoms with van der Waals surface area (Å²) in [5, 5.41) is 0. The Labute approximate surface area is 96.1 Å². The predicted octanol–water partition coefficient (Wildman–Crippen LogP) is 2.30. The normalized spacial score (nSPS) is 10.6. The summed E-state index contributed by atoms with van der Waals surface area (Å²) >= 11 is 0. The van der Waals surface area contributed by atoms with Crippen molar-refractivity contribution in [2.24, 2.45) is 0 Å². The van der Waals surface area contributed by atoms with Gasteiger partial charge in [-0.25, -0.2) is 0 Å². The predicted molar refractivity (Wildman–Crippen MR) is 61.0 cm³/mol. The van der Waals surface area contributed by atoms with Crippen molar-refractivity contribution in [2.45, 2.75) is 13.2 Å². The molecule has 0 saturated heterocycles. The second-order valence-corrected chi connectivity index (χ2v) is 3.35. The Hall–Kier alpha value is -1.26. The SMILES string of the molecule is COc1cc(C(OC)OC)cc(OC)c1C. The highest BCUT2D eigenvalue weighted by atomic mass is 16.7. The summed E-state index contributed by atoms with van der Waals surface area (Å²) < 4.78 is 20.9. The van der Waals surface area contributed by atoms with Crippen molar-refractivity contribution in [2.75, 3.05) is 28.4 Å². The smallest absolute Gasteiger partial charge is 0.183 e. The maximum absolute atomic E-state index is 5.28. The molecule has 16 heavy (non-hydrogen) atoms. The summed E-state index contributed by atoms with van der Waals surface area (Å²) in [5.41, 5.74) is 1.82. The van der Waals surface area contributed by atoms with Crippen LogP contribution in [0.25, 0.3) is 0 Å². The number of methoxy groups -OCH3 is 4. The average molecular weight is 226 g/mol. The molecule has 0 bridgehead atoms. The van der Waals surface area contributed by atoms with E-state index in [2.05, 4.69) is 0 Å². The molecular formula is C12H18O4. The van der Waals surface area contributed by atoms with Gasteiger partial charge in [0.1, 0.15) is 11.5 Å². The molecule has 0 aliphatic heterocycles. The molecule has 0 amide bonds. The fraction of sp³-hybridized carbons (Fsp3) is 0.500. The van der Waals surface area contributed by atoms with Gasteiger partial charge < -0.3 is 18.9 Å². The van der Waals surface area contributed by atoms with Gasteiger partial charge in [-0.15, -0.1) is 0 Å². The number of hydrogen-bond acceptors (Lipinski definition) is 4. The van der Waals surface area contributed by atoms with Crippen molar-refractivity contribution in [3.63, 3.8) is 0 Å². The second-order valence-electron chi connectivity index (χ2n) is 3.35. The van der Waals surface area contributed by atoms with E-state index in [0.717, 1.165) is 22.6 Å². The Morgan fingerprint density at radius 3 is 1.62 bits per heavy atom. The summed E-state index contributed by atoms with van der Waals surface area (Å²) in [6.45, 7) is 1.94. The van der Waals surface area contributed by atoms with E-state index < -0.39 is 6.29 Å². The van der Waals surface area contributed by atoms with Gasteiger partial charge >= 0.3 is 0 Å². The summed E-state index contributed by atoms with van der Waals surface area (Å²) in [6, 6.07) is 3.77. The van der Waals surface area contributed by atoms with Crippen LogP contribution in [0.1, 0.15) is 17.4 Å². The molecule has 0 heterocycles. The van der Waals surface area contributed by atoms with Crippen LogP contribution in [0.5, 0.6) is 11.5 Å². The van der Waals surface area contributed by atoms with Gasteiger partial charge in [-0.2, -0.15) is 0 Å². The Bertz CT molecular complexity index is 320. The maximum atomic E-state index is 5.28. The summed E-state index contributed by atoms with van der Waals surface area (Å²) in [4.78, 5) is 0. The van der Waals surface area contributed by atoms with Crippen molar-refractivity contribution in [1.29, 1.82) is 0 Å². The van der Waals surface area contributed by atoms with Crippen LogP contribution in [0.4, 0.5) is 0 Å². The van der Waals surface area contributed by atoms with Crippen LogP contribution in [-0.2, 0) is 9.47 Å². The van der Waals surface area contributed by atoms with Crippen molar-refractivity contribution in [3.05, 3.63) is 23.3 Å². The Morgan fingerprint density at radius 1 is 0.875 bits per heavy atom. The Balaban J connectivity index is 3.20. The third-order valence-corrected chi connectivity index (χ3v) is 2.47. The topological polar surface area (TPSA) is 36.9 Å². The summed E-state index contributed by atoms with van der Waals surface area (Å²) in [5.74, 6) is 1.52. The van der Waals surface area contributed by atoms with Crippen LogP contribution in [0.2, 0.25) is 0 Å². The molecule has 0 saturated carbocycles. The zero-order chi connectivity index (χ0) is 12.1. The van der Waals surface area contributed by atoms with Gasteiger partial charge in [-0.3, -0.25) is 0 Å². The Kier molecular flexibility index (Phi) is 4.58. The largest absolute Gasteiger partial charge is 0.496 e. The molecule has 0 unspecified atom stereocenters. The van der Waals surface area contributed by atoms with Gasteiger partial charge in [0.15, 0.2) is 6.29 Å². The molecule has 0 aliphatic carbocycles. The first-order valence-corrected chi connectivity index (χ1v) is 4.96. The van der Waals surface area contributed by atoms with Crippen molar-refractivity contribution < 1.29 is 18.9 Å². The van der Waals surface area contributed by atoms with Crippen LogP contribution in [0.3, 0.4) is 0 Å². The minimum Gasteiger partial charge on any atom is -0.496 e. The molecule has 0 spiro atoms. The van der Waals surface area contributed by atoms with Crippen LogP contribution < -0.4 is 9.47 Å². The molecule has 1 aromatic carbocycles. The fourth-order valence-corrected chi connectivity index (χ4v) is 1.61. The molecule has 0 atom stereocenters. The van der Waals surface area contributed by atoms with Crippen molar-refractivity contribution in [3.8, 4) is 11.5 Å². The van der Waals surface area contributed by atoms with Crippen LogP contribution >= 0.6 is 0 Å². The highest BCUT2D eigenvalue weighted by molar-refractivity contribution is 5.47. The van der Waals surface area contributed by atoms with E-state index in [1.165, 1.54) is 0 Å². The standard InChI is InChI=1S/C12H18O4/c1-8-10(13-2)6-9(7-11(8)14-3)12(15-4)16-5/h6-7,12H,1-5H3. The molecule has 0 N–H and O–H groups in total. The lowest BCUT2D eigenvalue weighted by Gasteiger charge is -2.17. The lowest BCUT2D eigenvalue weighted by atomic mass is 10.1. The van der Waals surface area contributed by atoms with E-state index in [1.54, 1.807) is 28.4 Å². The van der Waals surface area contributed by atoms with E-state index in [4.69, 9.17) is 18.9 Å². The maximum Gasteiger partial charge on any atom is 0.183 e. The molecule has 0 radical (unpaired) electrons. The van der Waals surface area contributed by atoms with Gasteiger partial charge in [0, 0.05) is 25.3 Å². The lowest BCUT2D eigenvalue weighted by molar-refractivity contribution is -0.106. The summed E-state index contributed by atoms with van der Waals surface area (Å²) in [7, 11) is 6.43. The van der Waals surface area contributed by atoms with Gasteiger partial charge in [-0.05, 0) is 19.1 Å². The molecule has 0 fully saturated rings. The third kappa shape index (κ3) is 2.46. The number of hydrogen-bond donors (Lipinski definition) is 0. The lowest BCUT2D eigenvalue weighted by Crippen LogP contribution is -2.05. The van der Waals surface area contributed by atoms with E-state index in [1.807, 2.05) is 19.1 Å². The quantitative estimate of drug-likeness (QED) is 0.722. The van der Waals surface area contributed by atoms with Gasteiger partial charge in [-0.1, -0.05) is 0 Å². The van der Waals surface area contributed by atoms with Gasteiger partial charge in [0.2, 0.25) is 0 Å². The molecule has 4 heteroatoms. The Morgan fingerprint density at radius 2 is 1.31 bits per heavy atom. The molecular weight excluding hydrogens is 208 g/mol. The number of benzene rings is 1. The monoisotopic (exact) mass is 226 g/mol. The van der Waals surface area contributed by atoms with Crippen LogP contribution in [0, 0.1) is 6.92 Å². The fourth-order valence-electron chi connectivity index (χ4n) is 1.61. The second kappa shape index (κ2) is 5.72. The highest BCUT2D eigenvalue weighted by Crippen LogP contribution is 2.32. The minimum absolute atomic E-state index is 0.414. The molecule has 0 aromatic heterocycles. The zero-order valence-corrected chi connectivity index (χ0v) is 10.4. The van der Waals surface area contributed by atoms with E-state index in [0.29, 0.717) is 0 Å². The highest BCUT2D eigenvalue weighted by Gasteiger charge is 2.15. The molecule has 4 nitrogen and oxygen atoms in total. The van der Waals surface area contributed by atoms with Crippen LogP contribution in [0.15, 0.2) is 12.1 Å². The van der Waals surface area contributed by atoms with E-state index in [-0.39, 0.29) is 0 Å². The first-order chi connectivity index (χ1) is 7.67. The van der Waals surface area contributed by atoms with E-state index >= 15 is 0 Å². The first-order valence-electron chi connectivity index (χ1n) is 4.96. The number of ether oxygens (including phenoxy) is 4. The number of rotatable bonds is 5. The molecule has 90 valence electrons. The van der Waals surface area contributed by atoms with Crippen LogP contribution in [-0.4, -0.2) is 28.4 Å².